The van der Waals surface area contributed by atoms with Gasteiger partial charge >= 0.3 is 5.69 Å². The van der Waals surface area contributed by atoms with Gasteiger partial charge in [0.1, 0.15) is 17.4 Å². The van der Waals surface area contributed by atoms with Gasteiger partial charge in [-0.15, -0.1) is 11.3 Å². The summed E-state index contributed by atoms with van der Waals surface area (Å²) in [6, 6.07) is 15.2. The van der Waals surface area contributed by atoms with E-state index in [1.54, 1.807) is 35.6 Å². The highest BCUT2D eigenvalue weighted by Gasteiger charge is 2.08. The van der Waals surface area contributed by atoms with Gasteiger partial charge in [-0.25, -0.2) is 9.78 Å². The lowest BCUT2D eigenvalue weighted by molar-refractivity contribution is 0.306. The Kier molecular flexibility index (Phi) is 4.02. The summed E-state index contributed by atoms with van der Waals surface area (Å²) < 4.78 is 9.50. The number of rotatable bonds is 5. The van der Waals surface area contributed by atoms with E-state index in [1.165, 1.54) is 9.36 Å². The fraction of sp³-hybridized carbons (Fsp3) is 0.176. The first kappa shape index (κ1) is 15.5. The minimum absolute atomic E-state index is 0.259. The molecule has 0 atom stereocenters. The van der Waals surface area contributed by atoms with Gasteiger partial charge in [0.25, 0.3) is 0 Å². The van der Waals surface area contributed by atoms with E-state index >= 15 is 0 Å². The van der Waals surface area contributed by atoms with Crippen LogP contribution in [0.2, 0.25) is 0 Å². The quantitative estimate of drug-likeness (QED) is 0.551. The molecule has 0 fully saturated rings. The Labute approximate surface area is 147 Å². The van der Waals surface area contributed by atoms with Gasteiger partial charge in [0.15, 0.2) is 0 Å². The van der Waals surface area contributed by atoms with Crippen molar-refractivity contribution in [2.75, 3.05) is 0 Å². The number of hydrogen-bond acceptors (Lipinski definition) is 6. The van der Waals surface area contributed by atoms with E-state index in [1.807, 2.05) is 31.2 Å². The smallest absolute Gasteiger partial charge is 0.368 e. The van der Waals surface area contributed by atoms with Crippen LogP contribution in [-0.2, 0) is 13.2 Å². The van der Waals surface area contributed by atoms with E-state index < -0.39 is 0 Å². The van der Waals surface area contributed by atoms with Crippen LogP contribution in [0.4, 0.5) is 0 Å². The number of thiazole rings is 1. The van der Waals surface area contributed by atoms with Crippen LogP contribution in [0.5, 0.6) is 5.75 Å². The molecule has 2 heterocycles. The Morgan fingerprint density at radius 1 is 1.08 bits per heavy atom. The first-order chi connectivity index (χ1) is 12.2. The zero-order chi connectivity index (χ0) is 17.2. The van der Waals surface area contributed by atoms with Crippen LogP contribution in [0.25, 0.3) is 15.9 Å². The van der Waals surface area contributed by atoms with Crippen LogP contribution >= 0.6 is 11.3 Å². The van der Waals surface area contributed by atoms with Crippen LogP contribution in [0, 0.1) is 0 Å². The molecule has 25 heavy (non-hydrogen) atoms. The van der Waals surface area contributed by atoms with Crippen molar-refractivity contribution < 1.29 is 4.74 Å². The second-order valence-corrected chi connectivity index (χ2v) is 6.46. The minimum Gasteiger partial charge on any atom is -0.486 e. The number of para-hydroxylation sites is 1. The molecular formula is C17H15N5O2S. The summed E-state index contributed by atoms with van der Waals surface area (Å²) in [4.78, 5) is 16.6. The minimum atomic E-state index is -0.259. The molecule has 7 nitrogen and oxygen atoms in total. The maximum absolute atomic E-state index is 12.0. The summed E-state index contributed by atoms with van der Waals surface area (Å²) in [5, 5.41) is 8.60. The average Bonchev–Trinajstić information content (AvgIpc) is 3.23. The molecule has 0 radical (unpaired) electrons. The summed E-state index contributed by atoms with van der Waals surface area (Å²) in [6.45, 7) is 2.74. The van der Waals surface area contributed by atoms with E-state index in [9.17, 15) is 4.79 Å². The monoisotopic (exact) mass is 353 g/mol. The maximum Gasteiger partial charge on any atom is 0.368 e. The van der Waals surface area contributed by atoms with Crippen LogP contribution in [-0.4, -0.2) is 24.8 Å². The fourth-order valence-corrected chi connectivity index (χ4v) is 3.33. The van der Waals surface area contributed by atoms with Crippen LogP contribution in [0.1, 0.15) is 11.9 Å². The SMILES string of the molecule is CCn1nnn(-c2ccc(OCc3nc4ccccc4s3)cc2)c1=O. The molecule has 2 aromatic heterocycles. The molecule has 2 aromatic carbocycles. The molecule has 0 N–H and O–H groups in total. The second-order valence-electron chi connectivity index (χ2n) is 5.35. The third-order valence-corrected chi connectivity index (χ3v) is 4.73. The summed E-state index contributed by atoms with van der Waals surface area (Å²) >= 11 is 1.62. The predicted molar refractivity (Wildman–Crippen MR) is 95.2 cm³/mol. The molecule has 8 heteroatoms. The normalized spacial score (nSPS) is 11.1. The first-order valence-electron chi connectivity index (χ1n) is 7.85. The highest BCUT2D eigenvalue weighted by molar-refractivity contribution is 7.18. The van der Waals surface area contributed by atoms with Crippen LogP contribution in [0.15, 0.2) is 53.3 Å². The third-order valence-electron chi connectivity index (χ3n) is 3.72. The lowest BCUT2D eigenvalue weighted by Gasteiger charge is -2.05. The number of hydrogen-bond donors (Lipinski definition) is 0. The van der Waals surface area contributed by atoms with E-state index in [0.29, 0.717) is 24.6 Å². The van der Waals surface area contributed by atoms with Crippen molar-refractivity contribution in [2.24, 2.45) is 0 Å². The maximum atomic E-state index is 12.0. The van der Waals surface area contributed by atoms with E-state index in [-0.39, 0.29) is 5.69 Å². The van der Waals surface area contributed by atoms with Crippen molar-refractivity contribution in [1.82, 2.24) is 24.8 Å². The number of ether oxygens (including phenoxy) is 1. The number of fused-ring (bicyclic) bond motifs is 1. The molecule has 126 valence electrons. The number of benzene rings is 2. The van der Waals surface area contributed by atoms with Gasteiger partial charge < -0.3 is 4.74 Å². The predicted octanol–water partition coefficient (Wildman–Crippen LogP) is 2.64. The Morgan fingerprint density at radius 2 is 1.88 bits per heavy atom. The van der Waals surface area contributed by atoms with Gasteiger partial charge in [0, 0.05) is 6.54 Å². The molecule has 4 aromatic rings. The Bertz CT molecular complexity index is 1030. The molecule has 0 amide bonds. The second kappa shape index (κ2) is 6.48. The van der Waals surface area contributed by atoms with E-state index in [0.717, 1.165) is 15.2 Å². The van der Waals surface area contributed by atoms with Crippen molar-refractivity contribution in [3.63, 3.8) is 0 Å². The molecule has 0 spiro atoms. The summed E-state index contributed by atoms with van der Waals surface area (Å²) in [7, 11) is 0. The zero-order valence-corrected chi connectivity index (χ0v) is 14.3. The van der Waals surface area contributed by atoms with Gasteiger partial charge in [0.2, 0.25) is 0 Å². The topological polar surface area (TPSA) is 74.8 Å². The number of aryl methyl sites for hydroxylation is 1. The van der Waals surface area contributed by atoms with Gasteiger partial charge in [-0.05, 0) is 53.7 Å². The number of tetrazole rings is 1. The molecule has 0 aliphatic rings. The molecular weight excluding hydrogens is 338 g/mol. The molecule has 0 saturated heterocycles. The van der Waals surface area contributed by atoms with Crippen LogP contribution in [0.3, 0.4) is 0 Å². The van der Waals surface area contributed by atoms with Crippen molar-refractivity contribution in [1.29, 1.82) is 0 Å². The molecule has 0 saturated carbocycles. The lowest BCUT2D eigenvalue weighted by Crippen LogP contribution is -2.23. The summed E-state index contributed by atoms with van der Waals surface area (Å²) in [6.07, 6.45) is 0. The van der Waals surface area contributed by atoms with Gasteiger partial charge in [-0.2, -0.15) is 9.36 Å². The third kappa shape index (κ3) is 3.03. The van der Waals surface area contributed by atoms with Crippen molar-refractivity contribution in [2.45, 2.75) is 20.1 Å². The lowest BCUT2D eigenvalue weighted by atomic mass is 10.3. The van der Waals surface area contributed by atoms with Crippen molar-refractivity contribution in [3.8, 4) is 11.4 Å². The van der Waals surface area contributed by atoms with Crippen LogP contribution < -0.4 is 10.4 Å². The molecule has 0 bridgehead atoms. The Balaban J connectivity index is 1.48. The van der Waals surface area contributed by atoms with Gasteiger partial charge in [-0.1, -0.05) is 12.1 Å². The average molecular weight is 353 g/mol. The van der Waals surface area contributed by atoms with Gasteiger partial charge in [-0.3, -0.25) is 0 Å². The van der Waals surface area contributed by atoms with E-state index in [4.69, 9.17) is 4.74 Å². The van der Waals surface area contributed by atoms with Crippen molar-refractivity contribution >= 4 is 21.6 Å². The van der Waals surface area contributed by atoms with E-state index in [2.05, 4.69) is 15.4 Å². The summed E-state index contributed by atoms with van der Waals surface area (Å²) in [5.74, 6) is 0.707. The fourth-order valence-electron chi connectivity index (χ4n) is 2.45. The molecule has 0 aliphatic carbocycles. The molecule has 4 rings (SSSR count). The highest BCUT2D eigenvalue weighted by Crippen LogP contribution is 2.23. The zero-order valence-electron chi connectivity index (χ0n) is 13.5. The Hall–Kier alpha value is -3.00. The largest absolute Gasteiger partial charge is 0.486 e. The van der Waals surface area contributed by atoms with Gasteiger partial charge in [0.05, 0.1) is 15.9 Å². The number of nitrogens with zero attached hydrogens (tertiary/aromatic N) is 5. The first-order valence-corrected chi connectivity index (χ1v) is 8.67. The number of aromatic nitrogens is 5. The van der Waals surface area contributed by atoms with Crippen molar-refractivity contribution in [3.05, 3.63) is 64.0 Å². The molecule has 0 aliphatic heterocycles. The Morgan fingerprint density at radius 3 is 2.60 bits per heavy atom. The highest BCUT2D eigenvalue weighted by atomic mass is 32.1. The summed E-state index contributed by atoms with van der Waals surface area (Å²) in [5.41, 5.74) is 1.38. The standard InChI is InChI=1S/C17H15N5O2S/c1-2-21-17(23)22(20-19-21)12-7-9-13(10-8-12)24-11-16-18-14-5-3-4-6-15(14)25-16/h3-10H,2,11H2,1H3. The molecule has 0 unspecified atom stereocenters.